The van der Waals surface area contributed by atoms with Gasteiger partial charge in [-0.15, -0.1) is 0 Å². The number of nitro groups is 1. The van der Waals surface area contributed by atoms with E-state index in [0.29, 0.717) is 12.8 Å². The highest BCUT2D eigenvalue weighted by Gasteiger charge is 2.29. The Morgan fingerprint density at radius 3 is 2.56 bits per heavy atom. The second kappa shape index (κ2) is 5.30. The Labute approximate surface area is 113 Å². The van der Waals surface area contributed by atoms with Crippen LogP contribution in [0.2, 0.25) is 10.0 Å². The van der Waals surface area contributed by atoms with E-state index in [1.807, 2.05) is 0 Å². The maximum Gasteiger partial charge on any atom is 0.312 e. The molecule has 0 unspecified atom stereocenters. The van der Waals surface area contributed by atoms with E-state index < -0.39 is 17.1 Å². The van der Waals surface area contributed by atoms with Gasteiger partial charge in [-0.1, -0.05) is 23.2 Å². The minimum atomic E-state index is -0.598. The molecule has 0 aromatic heterocycles. The van der Waals surface area contributed by atoms with Crippen molar-refractivity contribution in [1.29, 1.82) is 0 Å². The zero-order valence-corrected chi connectivity index (χ0v) is 10.8. The highest BCUT2D eigenvalue weighted by Crippen LogP contribution is 2.37. The maximum absolute atomic E-state index is 10.9. The predicted octanol–water partition coefficient (Wildman–Crippen LogP) is 3.19. The number of aliphatic hydroxyl groups is 1. The van der Waals surface area contributed by atoms with E-state index >= 15 is 0 Å². The van der Waals surface area contributed by atoms with Crippen LogP contribution in [0.4, 0.5) is 5.69 Å². The standard InChI is InChI=1S/C11H11Cl2NO4/c12-6-4-8(14(16)17)11(5-7(6)13)18-10-3-1-2-9(10)15/h4-5,9-10,15H,1-3H2/t9-,10-/m0/s1. The topological polar surface area (TPSA) is 72.6 Å². The monoisotopic (exact) mass is 291 g/mol. The Morgan fingerprint density at radius 2 is 2.00 bits per heavy atom. The third kappa shape index (κ3) is 2.68. The summed E-state index contributed by atoms with van der Waals surface area (Å²) < 4.78 is 5.48. The molecule has 0 heterocycles. The summed E-state index contributed by atoms with van der Waals surface area (Å²) in [5, 5.41) is 20.8. The zero-order chi connectivity index (χ0) is 13.3. The highest BCUT2D eigenvalue weighted by molar-refractivity contribution is 6.42. The first-order valence-corrected chi connectivity index (χ1v) is 6.23. The molecular formula is C11H11Cl2NO4. The van der Waals surface area contributed by atoms with E-state index in [4.69, 9.17) is 27.9 Å². The van der Waals surface area contributed by atoms with Crippen LogP contribution in [0.5, 0.6) is 5.75 Å². The molecule has 1 aromatic carbocycles. The first-order valence-electron chi connectivity index (χ1n) is 5.47. The Hall–Kier alpha value is -1.04. The fraction of sp³-hybridized carbons (Fsp3) is 0.455. The van der Waals surface area contributed by atoms with Crippen molar-refractivity contribution in [1.82, 2.24) is 0 Å². The summed E-state index contributed by atoms with van der Waals surface area (Å²) in [5.41, 5.74) is -0.247. The van der Waals surface area contributed by atoms with Gasteiger partial charge in [0.15, 0.2) is 5.75 Å². The van der Waals surface area contributed by atoms with E-state index in [2.05, 4.69) is 0 Å². The third-order valence-electron chi connectivity index (χ3n) is 2.89. The van der Waals surface area contributed by atoms with E-state index in [1.54, 1.807) is 0 Å². The van der Waals surface area contributed by atoms with Gasteiger partial charge < -0.3 is 9.84 Å². The molecule has 1 aromatic rings. The van der Waals surface area contributed by atoms with Crippen LogP contribution in [0.15, 0.2) is 12.1 Å². The summed E-state index contributed by atoms with van der Waals surface area (Å²) in [5.74, 6) is 0.0420. The average molecular weight is 292 g/mol. The number of benzene rings is 1. The van der Waals surface area contributed by atoms with E-state index in [1.165, 1.54) is 6.07 Å². The molecule has 5 nitrogen and oxygen atoms in total. The van der Waals surface area contributed by atoms with Crippen LogP contribution in [-0.2, 0) is 0 Å². The molecule has 0 saturated heterocycles. The molecular weight excluding hydrogens is 281 g/mol. The molecule has 0 aliphatic heterocycles. The molecule has 0 radical (unpaired) electrons. The van der Waals surface area contributed by atoms with Gasteiger partial charge in [-0.2, -0.15) is 0 Å². The van der Waals surface area contributed by atoms with Crippen molar-refractivity contribution in [2.45, 2.75) is 31.5 Å². The van der Waals surface area contributed by atoms with Crippen molar-refractivity contribution in [3.63, 3.8) is 0 Å². The van der Waals surface area contributed by atoms with Gasteiger partial charge in [0, 0.05) is 12.1 Å². The Morgan fingerprint density at radius 1 is 1.33 bits per heavy atom. The number of nitro benzene ring substituents is 1. The zero-order valence-electron chi connectivity index (χ0n) is 9.31. The van der Waals surface area contributed by atoms with Gasteiger partial charge in [-0.05, 0) is 19.3 Å². The molecule has 1 fully saturated rings. The van der Waals surface area contributed by atoms with Crippen LogP contribution in [0, 0.1) is 10.1 Å². The number of hydrogen-bond donors (Lipinski definition) is 1. The van der Waals surface area contributed by atoms with Gasteiger partial charge in [-0.25, -0.2) is 0 Å². The fourth-order valence-corrected chi connectivity index (χ4v) is 2.27. The Bertz CT molecular complexity index is 480. The Balaban J connectivity index is 2.30. The molecule has 18 heavy (non-hydrogen) atoms. The fourth-order valence-electron chi connectivity index (χ4n) is 1.96. The first kappa shape index (κ1) is 13.4. The van der Waals surface area contributed by atoms with Gasteiger partial charge >= 0.3 is 5.69 Å². The number of rotatable bonds is 3. The number of ether oxygens (including phenoxy) is 1. The van der Waals surface area contributed by atoms with Crippen LogP contribution in [0.25, 0.3) is 0 Å². The van der Waals surface area contributed by atoms with E-state index in [-0.39, 0.29) is 21.5 Å². The summed E-state index contributed by atoms with van der Waals surface area (Å²) in [7, 11) is 0. The quantitative estimate of drug-likeness (QED) is 0.686. The van der Waals surface area contributed by atoms with Crippen molar-refractivity contribution in [3.8, 4) is 5.75 Å². The molecule has 1 saturated carbocycles. The molecule has 1 aliphatic rings. The molecule has 1 aliphatic carbocycles. The lowest BCUT2D eigenvalue weighted by Crippen LogP contribution is -2.25. The number of nitrogens with zero attached hydrogens (tertiary/aromatic N) is 1. The van der Waals surface area contributed by atoms with Gasteiger partial charge in [0.1, 0.15) is 6.10 Å². The van der Waals surface area contributed by atoms with Crippen molar-refractivity contribution in [3.05, 3.63) is 32.3 Å². The van der Waals surface area contributed by atoms with Crippen LogP contribution >= 0.6 is 23.2 Å². The van der Waals surface area contributed by atoms with Crippen molar-refractivity contribution >= 4 is 28.9 Å². The normalized spacial score (nSPS) is 23.1. The van der Waals surface area contributed by atoms with Crippen LogP contribution in [0.3, 0.4) is 0 Å². The van der Waals surface area contributed by atoms with E-state index in [9.17, 15) is 15.2 Å². The molecule has 2 atom stereocenters. The summed E-state index contributed by atoms with van der Waals surface area (Å²) in [6.07, 6.45) is 1.11. The minimum absolute atomic E-state index is 0.0420. The number of hydrogen-bond acceptors (Lipinski definition) is 4. The lowest BCUT2D eigenvalue weighted by molar-refractivity contribution is -0.386. The molecule has 0 amide bonds. The van der Waals surface area contributed by atoms with Gasteiger partial charge in [0.2, 0.25) is 0 Å². The van der Waals surface area contributed by atoms with Crippen LogP contribution < -0.4 is 4.74 Å². The molecule has 0 spiro atoms. The molecule has 98 valence electrons. The molecule has 0 bridgehead atoms. The maximum atomic E-state index is 10.9. The number of aliphatic hydroxyl groups excluding tert-OH is 1. The summed E-state index contributed by atoms with van der Waals surface area (Å²) in [6, 6.07) is 2.47. The Kier molecular flexibility index (Phi) is 3.94. The van der Waals surface area contributed by atoms with Crippen LogP contribution in [0.1, 0.15) is 19.3 Å². The second-order valence-electron chi connectivity index (χ2n) is 4.15. The van der Waals surface area contributed by atoms with Crippen molar-refractivity contribution in [2.75, 3.05) is 0 Å². The molecule has 2 rings (SSSR count). The predicted molar refractivity (Wildman–Crippen MR) is 67.4 cm³/mol. The lowest BCUT2D eigenvalue weighted by atomic mass is 10.2. The molecule has 1 N–H and O–H groups in total. The summed E-state index contributed by atoms with van der Waals surface area (Å²) >= 11 is 11.5. The largest absolute Gasteiger partial charge is 0.481 e. The highest BCUT2D eigenvalue weighted by atomic mass is 35.5. The SMILES string of the molecule is O=[N+]([O-])c1cc(Cl)c(Cl)cc1O[C@H]1CCC[C@@H]1O. The van der Waals surface area contributed by atoms with Crippen molar-refractivity contribution < 1.29 is 14.8 Å². The lowest BCUT2D eigenvalue weighted by Gasteiger charge is -2.17. The van der Waals surface area contributed by atoms with E-state index in [0.717, 1.165) is 12.5 Å². The minimum Gasteiger partial charge on any atom is -0.481 e. The van der Waals surface area contributed by atoms with Gasteiger partial charge in [-0.3, -0.25) is 10.1 Å². The number of halogens is 2. The van der Waals surface area contributed by atoms with Crippen molar-refractivity contribution in [2.24, 2.45) is 0 Å². The van der Waals surface area contributed by atoms with Gasteiger partial charge in [0.25, 0.3) is 0 Å². The second-order valence-corrected chi connectivity index (χ2v) is 4.96. The first-order chi connectivity index (χ1) is 8.49. The third-order valence-corrected chi connectivity index (χ3v) is 3.62. The van der Waals surface area contributed by atoms with Gasteiger partial charge in [0.05, 0.1) is 21.1 Å². The summed E-state index contributed by atoms with van der Waals surface area (Å²) in [6.45, 7) is 0. The average Bonchev–Trinajstić information content (AvgIpc) is 2.69. The summed E-state index contributed by atoms with van der Waals surface area (Å²) in [4.78, 5) is 10.3. The van der Waals surface area contributed by atoms with Crippen LogP contribution in [-0.4, -0.2) is 22.2 Å². The smallest absolute Gasteiger partial charge is 0.312 e. The molecule has 7 heteroatoms.